The van der Waals surface area contributed by atoms with Gasteiger partial charge in [-0.2, -0.15) is 0 Å². The third kappa shape index (κ3) is 5.21. The molecular formula is C12H21N3O. The molecular weight excluding hydrogens is 202 g/mol. The third-order valence-corrected chi connectivity index (χ3v) is 2.46. The monoisotopic (exact) mass is 223 g/mol. The molecule has 0 amide bonds. The molecule has 3 N–H and O–H groups in total. The molecule has 0 radical (unpaired) electrons. The first-order valence-corrected chi connectivity index (χ1v) is 5.80. The summed E-state index contributed by atoms with van der Waals surface area (Å²) in [6.07, 6.45) is 3.90. The van der Waals surface area contributed by atoms with Crippen molar-refractivity contribution in [3.05, 3.63) is 30.1 Å². The van der Waals surface area contributed by atoms with Gasteiger partial charge in [-0.3, -0.25) is 9.88 Å². The van der Waals surface area contributed by atoms with Gasteiger partial charge >= 0.3 is 0 Å². The Labute approximate surface area is 97.1 Å². The highest BCUT2D eigenvalue weighted by molar-refractivity contribution is 5.03. The fourth-order valence-electron chi connectivity index (χ4n) is 1.61. The van der Waals surface area contributed by atoms with Gasteiger partial charge in [-0.25, -0.2) is 0 Å². The molecule has 0 saturated heterocycles. The van der Waals surface area contributed by atoms with Gasteiger partial charge in [-0.15, -0.1) is 0 Å². The average Bonchev–Trinajstić information content (AvgIpc) is 2.31. The van der Waals surface area contributed by atoms with Gasteiger partial charge in [-0.05, 0) is 38.1 Å². The zero-order valence-electron chi connectivity index (χ0n) is 9.68. The molecule has 0 aliphatic carbocycles. The summed E-state index contributed by atoms with van der Waals surface area (Å²) in [4.78, 5) is 6.49. The van der Waals surface area contributed by atoms with E-state index in [0.29, 0.717) is 6.54 Å². The molecule has 0 bridgehead atoms. The molecule has 1 rings (SSSR count). The van der Waals surface area contributed by atoms with Gasteiger partial charge in [0, 0.05) is 19.3 Å². The molecule has 4 heteroatoms. The van der Waals surface area contributed by atoms with Crippen molar-refractivity contribution in [2.45, 2.75) is 19.4 Å². The van der Waals surface area contributed by atoms with E-state index >= 15 is 0 Å². The van der Waals surface area contributed by atoms with E-state index in [0.717, 1.165) is 38.2 Å². The molecule has 0 unspecified atom stereocenters. The van der Waals surface area contributed by atoms with E-state index in [2.05, 4.69) is 9.88 Å². The molecule has 1 heterocycles. The Balaban J connectivity index is 2.38. The second-order valence-corrected chi connectivity index (χ2v) is 3.82. The van der Waals surface area contributed by atoms with Crippen LogP contribution in [0.15, 0.2) is 24.4 Å². The summed E-state index contributed by atoms with van der Waals surface area (Å²) in [7, 11) is 0. The Morgan fingerprint density at radius 1 is 1.25 bits per heavy atom. The van der Waals surface area contributed by atoms with Crippen LogP contribution < -0.4 is 5.73 Å². The molecule has 4 nitrogen and oxygen atoms in total. The number of hydrogen-bond acceptors (Lipinski definition) is 4. The Bertz CT molecular complexity index is 266. The lowest BCUT2D eigenvalue weighted by Crippen LogP contribution is -2.28. The summed E-state index contributed by atoms with van der Waals surface area (Å²) in [5.74, 6) is 0. The highest BCUT2D eigenvalue weighted by atomic mass is 16.3. The molecule has 0 aromatic carbocycles. The van der Waals surface area contributed by atoms with Crippen molar-refractivity contribution in [2.75, 3.05) is 26.2 Å². The summed E-state index contributed by atoms with van der Waals surface area (Å²) >= 11 is 0. The van der Waals surface area contributed by atoms with Crippen molar-refractivity contribution < 1.29 is 5.11 Å². The maximum atomic E-state index is 8.98. The van der Waals surface area contributed by atoms with Gasteiger partial charge in [0.2, 0.25) is 0 Å². The van der Waals surface area contributed by atoms with E-state index < -0.39 is 0 Å². The van der Waals surface area contributed by atoms with E-state index in [9.17, 15) is 0 Å². The second-order valence-electron chi connectivity index (χ2n) is 3.82. The Morgan fingerprint density at radius 2 is 2.12 bits per heavy atom. The SMILES string of the molecule is NCCCCN(CCO)Cc1ccccn1. The number of hydrogen-bond donors (Lipinski definition) is 2. The molecule has 16 heavy (non-hydrogen) atoms. The number of aliphatic hydroxyl groups excluding tert-OH is 1. The number of nitrogens with two attached hydrogens (primary N) is 1. The minimum Gasteiger partial charge on any atom is -0.395 e. The first-order valence-electron chi connectivity index (χ1n) is 5.80. The Morgan fingerprint density at radius 3 is 2.75 bits per heavy atom. The number of unbranched alkanes of at least 4 members (excludes halogenated alkanes) is 1. The number of pyridine rings is 1. The topological polar surface area (TPSA) is 62.4 Å². The lowest BCUT2D eigenvalue weighted by Gasteiger charge is -2.20. The van der Waals surface area contributed by atoms with E-state index in [1.165, 1.54) is 0 Å². The summed E-state index contributed by atoms with van der Waals surface area (Å²) in [6, 6.07) is 5.90. The van der Waals surface area contributed by atoms with Crippen molar-refractivity contribution in [1.29, 1.82) is 0 Å². The molecule has 0 spiro atoms. The smallest absolute Gasteiger partial charge is 0.0558 e. The number of aliphatic hydroxyl groups is 1. The average molecular weight is 223 g/mol. The summed E-state index contributed by atoms with van der Waals surface area (Å²) in [6.45, 7) is 3.38. The first kappa shape index (κ1) is 13.1. The van der Waals surface area contributed by atoms with Gasteiger partial charge in [0.25, 0.3) is 0 Å². The van der Waals surface area contributed by atoms with E-state index in [4.69, 9.17) is 10.8 Å². The van der Waals surface area contributed by atoms with Crippen molar-refractivity contribution >= 4 is 0 Å². The minimum atomic E-state index is 0.190. The third-order valence-electron chi connectivity index (χ3n) is 2.46. The number of rotatable bonds is 8. The normalized spacial score (nSPS) is 10.9. The fraction of sp³-hybridized carbons (Fsp3) is 0.583. The van der Waals surface area contributed by atoms with Crippen LogP contribution in [0.25, 0.3) is 0 Å². The van der Waals surface area contributed by atoms with Crippen LogP contribution in [0.5, 0.6) is 0 Å². The molecule has 1 aromatic heterocycles. The maximum absolute atomic E-state index is 8.98. The standard InChI is InChI=1S/C12H21N3O/c13-6-2-4-8-15(9-10-16)11-12-5-1-3-7-14-12/h1,3,5,7,16H,2,4,6,8-11,13H2. The van der Waals surface area contributed by atoms with E-state index in [-0.39, 0.29) is 6.61 Å². The van der Waals surface area contributed by atoms with Crippen LogP contribution >= 0.6 is 0 Å². The summed E-state index contributed by atoms with van der Waals surface area (Å²) < 4.78 is 0. The minimum absolute atomic E-state index is 0.190. The van der Waals surface area contributed by atoms with Crippen LogP contribution in [0.1, 0.15) is 18.5 Å². The Kier molecular flexibility index (Phi) is 6.72. The first-order chi connectivity index (χ1) is 7.86. The highest BCUT2D eigenvalue weighted by Crippen LogP contribution is 2.02. The van der Waals surface area contributed by atoms with Gasteiger partial charge in [0.15, 0.2) is 0 Å². The van der Waals surface area contributed by atoms with Crippen molar-refractivity contribution in [3.63, 3.8) is 0 Å². The molecule has 90 valence electrons. The van der Waals surface area contributed by atoms with Crippen LogP contribution in [0.4, 0.5) is 0 Å². The van der Waals surface area contributed by atoms with Gasteiger partial charge < -0.3 is 10.8 Å². The molecule has 0 aliphatic rings. The lowest BCUT2D eigenvalue weighted by molar-refractivity contribution is 0.186. The Hall–Kier alpha value is -0.970. The summed E-state index contributed by atoms with van der Waals surface area (Å²) in [5.41, 5.74) is 6.51. The predicted octanol–water partition coefficient (Wildman–Crippen LogP) is 0.615. The van der Waals surface area contributed by atoms with Crippen molar-refractivity contribution in [1.82, 2.24) is 9.88 Å². The molecule has 0 atom stereocenters. The lowest BCUT2D eigenvalue weighted by atomic mass is 10.2. The fourth-order valence-corrected chi connectivity index (χ4v) is 1.61. The zero-order chi connectivity index (χ0) is 11.6. The molecule has 0 saturated carbocycles. The van der Waals surface area contributed by atoms with Crippen LogP contribution in [0.2, 0.25) is 0 Å². The molecule has 0 fully saturated rings. The zero-order valence-corrected chi connectivity index (χ0v) is 9.68. The van der Waals surface area contributed by atoms with Crippen LogP contribution in [0, 0.1) is 0 Å². The maximum Gasteiger partial charge on any atom is 0.0558 e. The summed E-state index contributed by atoms with van der Waals surface area (Å²) in [5, 5.41) is 8.98. The van der Waals surface area contributed by atoms with Crippen LogP contribution in [-0.4, -0.2) is 41.2 Å². The largest absolute Gasteiger partial charge is 0.395 e. The van der Waals surface area contributed by atoms with E-state index in [1.807, 2.05) is 18.2 Å². The van der Waals surface area contributed by atoms with Crippen molar-refractivity contribution in [3.8, 4) is 0 Å². The second kappa shape index (κ2) is 8.21. The van der Waals surface area contributed by atoms with Gasteiger partial charge in [0.1, 0.15) is 0 Å². The van der Waals surface area contributed by atoms with Gasteiger partial charge in [-0.1, -0.05) is 6.07 Å². The van der Waals surface area contributed by atoms with Gasteiger partial charge in [0.05, 0.1) is 12.3 Å². The predicted molar refractivity (Wildman–Crippen MR) is 64.9 cm³/mol. The molecule has 0 aliphatic heterocycles. The number of nitrogens with zero attached hydrogens (tertiary/aromatic N) is 2. The highest BCUT2D eigenvalue weighted by Gasteiger charge is 2.05. The quantitative estimate of drug-likeness (QED) is 0.634. The van der Waals surface area contributed by atoms with E-state index in [1.54, 1.807) is 6.20 Å². The van der Waals surface area contributed by atoms with Crippen LogP contribution in [0.3, 0.4) is 0 Å². The van der Waals surface area contributed by atoms with Crippen molar-refractivity contribution in [2.24, 2.45) is 5.73 Å². The number of aromatic nitrogens is 1. The van der Waals surface area contributed by atoms with Crippen LogP contribution in [-0.2, 0) is 6.54 Å². The molecule has 1 aromatic rings.